The van der Waals surface area contributed by atoms with Crippen LogP contribution in [0, 0.1) is 0 Å². The summed E-state index contributed by atoms with van der Waals surface area (Å²) in [6, 6.07) is 0. The summed E-state index contributed by atoms with van der Waals surface area (Å²) < 4.78 is 29.6. The van der Waals surface area contributed by atoms with Crippen LogP contribution in [0.5, 0.6) is 0 Å². The first-order valence-corrected chi connectivity index (χ1v) is 3.38. The molecular formula is C7H8F2O. The van der Waals surface area contributed by atoms with Crippen molar-refractivity contribution >= 4 is 0 Å². The van der Waals surface area contributed by atoms with Gasteiger partial charge in [-0.3, -0.25) is 0 Å². The van der Waals surface area contributed by atoms with Crippen LogP contribution < -0.4 is 0 Å². The highest BCUT2D eigenvalue weighted by molar-refractivity contribution is 5.18. The van der Waals surface area contributed by atoms with Gasteiger partial charge < -0.3 is 4.74 Å². The van der Waals surface area contributed by atoms with Gasteiger partial charge in [0.15, 0.2) is 0 Å². The average molecular weight is 146 g/mol. The van der Waals surface area contributed by atoms with Crippen molar-refractivity contribution in [2.24, 2.45) is 0 Å². The maximum absolute atomic E-state index is 12.2. The zero-order chi connectivity index (χ0) is 7.19. The fourth-order valence-electron chi connectivity index (χ4n) is 1.53. The fraction of sp³-hybridized carbons (Fsp3) is 0.714. The van der Waals surface area contributed by atoms with Gasteiger partial charge in [-0.2, -0.15) is 0 Å². The van der Waals surface area contributed by atoms with Gasteiger partial charge >= 0.3 is 0 Å². The van der Waals surface area contributed by atoms with Crippen molar-refractivity contribution < 1.29 is 13.5 Å². The molecule has 0 aromatic heterocycles. The summed E-state index contributed by atoms with van der Waals surface area (Å²) in [6.07, 6.45) is 2.07. The van der Waals surface area contributed by atoms with E-state index in [1.807, 2.05) is 0 Å². The summed E-state index contributed by atoms with van der Waals surface area (Å²) in [7, 11) is 0. The Morgan fingerprint density at radius 2 is 2.40 bits per heavy atom. The largest absolute Gasteiger partial charge is 0.358 e. The topological polar surface area (TPSA) is 9.23 Å². The molecule has 10 heavy (non-hydrogen) atoms. The highest BCUT2D eigenvalue weighted by Crippen LogP contribution is 2.41. The van der Waals surface area contributed by atoms with Gasteiger partial charge in [-0.05, 0) is 18.9 Å². The molecule has 2 atom stereocenters. The number of hydrogen-bond acceptors (Lipinski definition) is 1. The van der Waals surface area contributed by atoms with Crippen molar-refractivity contribution in [3.8, 4) is 0 Å². The molecule has 0 aromatic carbocycles. The molecule has 2 rings (SSSR count). The summed E-state index contributed by atoms with van der Waals surface area (Å²) in [4.78, 5) is 0. The van der Waals surface area contributed by atoms with Gasteiger partial charge in [0, 0.05) is 0 Å². The van der Waals surface area contributed by atoms with Gasteiger partial charge in [-0.15, -0.1) is 0 Å². The zero-order valence-electron chi connectivity index (χ0n) is 5.39. The molecule has 0 N–H and O–H groups in total. The Bertz CT molecular complexity index is 178. The monoisotopic (exact) mass is 146 g/mol. The number of ether oxygens (including phenoxy) is 1. The number of halogens is 2. The molecule has 0 radical (unpaired) electrons. The Hall–Kier alpha value is -0.440. The quantitative estimate of drug-likeness (QED) is 0.512. The molecule has 1 fully saturated rings. The Morgan fingerprint density at radius 3 is 2.60 bits per heavy atom. The second-order valence-corrected chi connectivity index (χ2v) is 2.81. The maximum atomic E-state index is 12.2. The standard InChI is InChI=1S/C7H8F2O/c8-6(9)7-3-1-5(10-7)2-4-7/h1,3,5-6H,2,4H2. The van der Waals surface area contributed by atoms with Crippen LogP contribution in [0.1, 0.15) is 12.8 Å². The summed E-state index contributed by atoms with van der Waals surface area (Å²) in [5, 5.41) is 0. The molecule has 0 aromatic rings. The van der Waals surface area contributed by atoms with E-state index < -0.39 is 12.0 Å². The van der Waals surface area contributed by atoms with E-state index in [1.165, 1.54) is 6.08 Å². The Morgan fingerprint density at radius 1 is 1.60 bits per heavy atom. The molecule has 3 heteroatoms. The Labute approximate surface area is 57.7 Å². The van der Waals surface area contributed by atoms with E-state index in [0.717, 1.165) is 6.42 Å². The van der Waals surface area contributed by atoms with Crippen molar-refractivity contribution in [3.05, 3.63) is 12.2 Å². The molecule has 1 saturated heterocycles. The third kappa shape index (κ3) is 0.639. The molecule has 0 spiro atoms. The Kier molecular flexibility index (Phi) is 1.12. The third-order valence-corrected chi connectivity index (χ3v) is 2.15. The van der Waals surface area contributed by atoms with Crippen molar-refractivity contribution in [2.75, 3.05) is 0 Å². The number of fused-ring (bicyclic) bond motifs is 2. The second kappa shape index (κ2) is 1.78. The average Bonchev–Trinajstić information content (AvgIpc) is 2.45. The van der Waals surface area contributed by atoms with Crippen molar-refractivity contribution in [1.82, 2.24) is 0 Å². The number of alkyl halides is 2. The molecule has 2 bridgehead atoms. The lowest BCUT2D eigenvalue weighted by Crippen LogP contribution is -2.32. The minimum Gasteiger partial charge on any atom is -0.358 e. The number of rotatable bonds is 1. The van der Waals surface area contributed by atoms with E-state index in [-0.39, 0.29) is 6.10 Å². The van der Waals surface area contributed by atoms with E-state index >= 15 is 0 Å². The van der Waals surface area contributed by atoms with Crippen molar-refractivity contribution in [1.29, 1.82) is 0 Å². The summed E-state index contributed by atoms with van der Waals surface area (Å²) >= 11 is 0. The lowest BCUT2D eigenvalue weighted by atomic mass is 9.96. The van der Waals surface area contributed by atoms with Crippen LogP contribution in [0.25, 0.3) is 0 Å². The van der Waals surface area contributed by atoms with Crippen LogP contribution in [0.4, 0.5) is 8.78 Å². The molecule has 0 aliphatic carbocycles. The fourth-order valence-corrected chi connectivity index (χ4v) is 1.53. The first kappa shape index (κ1) is 6.28. The molecular weight excluding hydrogens is 138 g/mol. The molecule has 2 aliphatic rings. The van der Waals surface area contributed by atoms with Gasteiger partial charge in [-0.1, -0.05) is 6.08 Å². The van der Waals surface area contributed by atoms with E-state index in [9.17, 15) is 8.78 Å². The molecule has 2 heterocycles. The van der Waals surface area contributed by atoms with Crippen LogP contribution in [-0.2, 0) is 4.74 Å². The summed E-state index contributed by atoms with van der Waals surface area (Å²) in [5.74, 6) is 0. The second-order valence-electron chi connectivity index (χ2n) is 2.81. The molecule has 2 aliphatic heterocycles. The minimum atomic E-state index is -2.36. The number of hydrogen-bond donors (Lipinski definition) is 0. The molecule has 2 unspecified atom stereocenters. The van der Waals surface area contributed by atoms with Gasteiger partial charge in [0.05, 0.1) is 6.10 Å². The maximum Gasteiger partial charge on any atom is 0.270 e. The van der Waals surface area contributed by atoms with Crippen LogP contribution in [-0.4, -0.2) is 18.1 Å². The van der Waals surface area contributed by atoms with E-state index in [4.69, 9.17) is 4.74 Å². The van der Waals surface area contributed by atoms with Crippen LogP contribution in [0.15, 0.2) is 12.2 Å². The van der Waals surface area contributed by atoms with E-state index in [2.05, 4.69) is 0 Å². The van der Waals surface area contributed by atoms with Crippen molar-refractivity contribution in [3.63, 3.8) is 0 Å². The highest BCUT2D eigenvalue weighted by Gasteiger charge is 2.48. The van der Waals surface area contributed by atoms with Crippen LogP contribution >= 0.6 is 0 Å². The lowest BCUT2D eigenvalue weighted by Gasteiger charge is -2.20. The van der Waals surface area contributed by atoms with Crippen molar-refractivity contribution in [2.45, 2.75) is 31.0 Å². The first-order chi connectivity index (χ1) is 4.73. The molecule has 56 valence electrons. The van der Waals surface area contributed by atoms with Gasteiger partial charge in [-0.25, -0.2) is 8.78 Å². The minimum absolute atomic E-state index is 0.0333. The third-order valence-electron chi connectivity index (χ3n) is 2.15. The summed E-state index contributed by atoms with van der Waals surface area (Å²) in [6.45, 7) is 0. The van der Waals surface area contributed by atoms with E-state index in [1.54, 1.807) is 6.08 Å². The van der Waals surface area contributed by atoms with E-state index in [0.29, 0.717) is 6.42 Å². The highest BCUT2D eigenvalue weighted by atomic mass is 19.3. The first-order valence-electron chi connectivity index (χ1n) is 3.38. The van der Waals surface area contributed by atoms with Crippen LogP contribution in [0.3, 0.4) is 0 Å². The van der Waals surface area contributed by atoms with Crippen LogP contribution in [0.2, 0.25) is 0 Å². The predicted octanol–water partition coefficient (Wildman–Crippen LogP) is 1.74. The molecule has 0 amide bonds. The zero-order valence-corrected chi connectivity index (χ0v) is 5.39. The normalized spacial score (nSPS) is 43.7. The molecule has 1 nitrogen and oxygen atoms in total. The van der Waals surface area contributed by atoms with Gasteiger partial charge in [0.1, 0.15) is 5.60 Å². The smallest absolute Gasteiger partial charge is 0.270 e. The van der Waals surface area contributed by atoms with Gasteiger partial charge in [0.25, 0.3) is 6.43 Å². The summed E-state index contributed by atoms with van der Waals surface area (Å²) in [5.41, 5.74) is -1.20. The predicted molar refractivity (Wildman–Crippen MR) is 32.0 cm³/mol. The Balaban J connectivity index is 2.24. The molecule has 0 saturated carbocycles. The lowest BCUT2D eigenvalue weighted by molar-refractivity contribution is -0.0796. The van der Waals surface area contributed by atoms with Gasteiger partial charge in [0.2, 0.25) is 0 Å². The SMILES string of the molecule is FC(F)C12C=CC(CC1)O2.